The Hall–Kier alpha value is -3.15. The van der Waals surface area contributed by atoms with Crippen LogP contribution in [0.3, 0.4) is 0 Å². The lowest BCUT2D eigenvalue weighted by Gasteiger charge is -2.58. The maximum Gasteiger partial charge on any atom is 0.326 e. The largest absolute Gasteiger partial charge is 0.480 e. The second-order valence-electron chi connectivity index (χ2n) is 12.7. The van der Waals surface area contributed by atoms with Crippen molar-refractivity contribution in [1.29, 1.82) is 0 Å². The van der Waals surface area contributed by atoms with E-state index in [0.717, 1.165) is 51.9 Å². The number of halogens is 1. The third-order valence-corrected chi connectivity index (χ3v) is 10.2. The molecule has 1 aromatic heterocycles. The summed E-state index contributed by atoms with van der Waals surface area (Å²) in [6.07, 6.45) is 8.53. The van der Waals surface area contributed by atoms with Crippen molar-refractivity contribution < 1.29 is 19.1 Å². The monoisotopic (exact) mass is 514 g/mol. The van der Waals surface area contributed by atoms with Gasteiger partial charge in [-0.15, -0.1) is 0 Å². The van der Waals surface area contributed by atoms with Crippen LogP contribution in [0.2, 0.25) is 0 Å². The van der Waals surface area contributed by atoms with Gasteiger partial charge in [0, 0.05) is 36.5 Å². The molecule has 6 heteroatoms. The molecule has 2 heterocycles. The number of carbonyl (C=O) groups excluding carboxylic acids is 1. The van der Waals surface area contributed by atoms with Crippen molar-refractivity contribution in [2.75, 3.05) is 0 Å². The van der Waals surface area contributed by atoms with Gasteiger partial charge >= 0.3 is 5.97 Å². The van der Waals surface area contributed by atoms with E-state index < -0.39 is 12.0 Å². The minimum atomic E-state index is -0.985. The van der Waals surface area contributed by atoms with Gasteiger partial charge in [0.05, 0.1) is 6.04 Å². The second kappa shape index (κ2) is 8.69. The fourth-order valence-corrected chi connectivity index (χ4v) is 9.38. The zero-order chi connectivity index (χ0) is 26.2. The summed E-state index contributed by atoms with van der Waals surface area (Å²) >= 11 is 0. The summed E-state index contributed by atoms with van der Waals surface area (Å²) in [7, 11) is 0. The van der Waals surface area contributed by atoms with Gasteiger partial charge < -0.3 is 14.6 Å². The third-order valence-electron chi connectivity index (χ3n) is 10.2. The number of aliphatic carboxylic acids is 1. The lowest BCUT2D eigenvalue weighted by atomic mass is 9.48. The van der Waals surface area contributed by atoms with Gasteiger partial charge in [-0.1, -0.05) is 30.3 Å². The van der Waals surface area contributed by atoms with Gasteiger partial charge in [0.1, 0.15) is 11.9 Å². The van der Waals surface area contributed by atoms with Crippen LogP contribution in [-0.4, -0.2) is 32.5 Å². The molecule has 38 heavy (non-hydrogen) atoms. The van der Waals surface area contributed by atoms with Crippen LogP contribution in [0.5, 0.6) is 0 Å². The summed E-state index contributed by atoms with van der Waals surface area (Å²) in [4.78, 5) is 27.5. The van der Waals surface area contributed by atoms with E-state index in [1.165, 1.54) is 51.5 Å². The smallest absolute Gasteiger partial charge is 0.326 e. The molecule has 3 aromatic rings. The van der Waals surface area contributed by atoms with E-state index in [2.05, 4.69) is 16.7 Å². The van der Waals surface area contributed by atoms with E-state index in [1.54, 1.807) is 11.0 Å². The van der Waals surface area contributed by atoms with Crippen molar-refractivity contribution in [1.82, 2.24) is 9.47 Å². The number of fused-ring (bicyclic) bond motifs is 3. The minimum absolute atomic E-state index is 0.143. The minimum Gasteiger partial charge on any atom is -0.480 e. The average molecular weight is 515 g/mol. The van der Waals surface area contributed by atoms with Crippen LogP contribution in [0.1, 0.15) is 74.7 Å². The summed E-state index contributed by atoms with van der Waals surface area (Å²) in [5.41, 5.74) is 4.09. The van der Waals surface area contributed by atoms with Crippen molar-refractivity contribution in [3.63, 3.8) is 0 Å². The van der Waals surface area contributed by atoms with Crippen LogP contribution in [-0.2, 0) is 22.6 Å². The molecule has 2 aromatic carbocycles. The van der Waals surface area contributed by atoms with Gasteiger partial charge in [-0.3, -0.25) is 4.79 Å². The summed E-state index contributed by atoms with van der Waals surface area (Å²) in [5.74, 6) is 0.775. The van der Waals surface area contributed by atoms with Crippen LogP contribution in [0.15, 0.2) is 48.5 Å². The highest BCUT2D eigenvalue weighted by Crippen LogP contribution is 2.63. The van der Waals surface area contributed by atoms with E-state index in [-0.39, 0.29) is 29.6 Å². The number of nitrogens with zero attached hydrogens (tertiary/aromatic N) is 2. The molecular formula is C32H35FN2O3. The Morgan fingerprint density at radius 2 is 1.66 bits per heavy atom. The molecule has 2 unspecified atom stereocenters. The highest BCUT2D eigenvalue weighted by Gasteiger charge is 2.54. The lowest BCUT2D eigenvalue weighted by molar-refractivity contribution is -0.155. The van der Waals surface area contributed by atoms with Crippen molar-refractivity contribution >= 4 is 22.8 Å². The molecule has 5 aliphatic rings. The molecule has 8 rings (SSSR count). The van der Waals surface area contributed by atoms with Gasteiger partial charge in [0.15, 0.2) is 0 Å². The number of rotatable bonds is 5. The molecule has 0 spiro atoms. The first-order valence-electron chi connectivity index (χ1n) is 14.2. The predicted octanol–water partition coefficient (Wildman–Crippen LogP) is 6.33. The molecule has 2 atom stereocenters. The molecule has 0 radical (unpaired) electrons. The summed E-state index contributed by atoms with van der Waals surface area (Å²) in [5, 5.41) is 11.1. The summed E-state index contributed by atoms with van der Waals surface area (Å²) in [6, 6.07) is 13.8. The normalized spacial score (nSPS) is 31.5. The van der Waals surface area contributed by atoms with Gasteiger partial charge in [0.2, 0.25) is 5.91 Å². The molecule has 4 aliphatic carbocycles. The van der Waals surface area contributed by atoms with E-state index in [1.807, 2.05) is 24.3 Å². The first-order valence-corrected chi connectivity index (χ1v) is 14.2. The molecule has 5 nitrogen and oxygen atoms in total. The number of carboxylic acid groups (broad SMARTS) is 1. The van der Waals surface area contributed by atoms with E-state index in [4.69, 9.17) is 0 Å². The SMILES string of the molecule is CC(=O)N1C(C(=O)O)Cc2c(n(Cc3ccccc3)c3ccc(F)cc23)C1CC12CC3CC(CC(C3)C1)C2. The van der Waals surface area contributed by atoms with Gasteiger partial charge in [0.25, 0.3) is 0 Å². The highest BCUT2D eigenvalue weighted by molar-refractivity contribution is 5.90. The van der Waals surface area contributed by atoms with Gasteiger partial charge in [-0.05, 0) is 97.4 Å². The van der Waals surface area contributed by atoms with Crippen LogP contribution >= 0.6 is 0 Å². The zero-order valence-corrected chi connectivity index (χ0v) is 21.9. The molecule has 1 amide bonds. The second-order valence-corrected chi connectivity index (χ2v) is 12.7. The number of carbonyl (C=O) groups is 2. The van der Waals surface area contributed by atoms with E-state index in [9.17, 15) is 19.1 Å². The molecule has 1 N–H and O–H groups in total. The van der Waals surface area contributed by atoms with Gasteiger partial charge in [-0.25, -0.2) is 9.18 Å². The zero-order valence-electron chi connectivity index (χ0n) is 21.9. The maximum atomic E-state index is 14.6. The molecule has 0 saturated heterocycles. The third kappa shape index (κ3) is 3.78. The Labute approximate surface area is 222 Å². The van der Waals surface area contributed by atoms with Crippen LogP contribution in [0.25, 0.3) is 10.9 Å². The maximum absolute atomic E-state index is 14.6. The van der Waals surface area contributed by atoms with E-state index >= 15 is 0 Å². The first kappa shape index (κ1) is 23.9. The summed E-state index contributed by atoms with van der Waals surface area (Å²) < 4.78 is 16.8. The van der Waals surface area contributed by atoms with Crippen LogP contribution < -0.4 is 0 Å². The molecule has 4 saturated carbocycles. The summed E-state index contributed by atoms with van der Waals surface area (Å²) in [6.45, 7) is 2.11. The quantitative estimate of drug-likeness (QED) is 0.433. The Bertz CT molecular complexity index is 1390. The average Bonchev–Trinajstić information content (AvgIpc) is 3.15. The first-order chi connectivity index (χ1) is 18.3. The molecule has 4 bridgehead atoms. The van der Waals surface area contributed by atoms with Crippen molar-refractivity contribution in [3.8, 4) is 0 Å². The van der Waals surface area contributed by atoms with Crippen molar-refractivity contribution in [2.24, 2.45) is 23.2 Å². The highest BCUT2D eigenvalue weighted by atomic mass is 19.1. The fraction of sp³-hybridized carbons (Fsp3) is 0.500. The Morgan fingerprint density at radius 3 is 2.26 bits per heavy atom. The van der Waals surface area contributed by atoms with E-state index in [0.29, 0.717) is 6.54 Å². The van der Waals surface area contributed by atoms with Crippen LogP contribution in [0, 0.1) is 29.0 Å². The number of hydrogen-bond acceptors (Lipinski definition) is 2. The predicted molar refractivity (Wildman–Crippen MR) is 143 cm³/mol. The van der Waals surface area contributed by atoms with Gasteiger partial charge in [-0.2, -0.15) is 0 Å². The molecular weight excluding hydrogens is 479 g/mol. The van der Waals surface area contributed by atoms with Crippen LogP contribution in [0.4, 0.5) is 4.39 Å². The number of amides is 1. The molecule has 4 fully saturated rings. The Balaban J connectivity index is 1.42. The van der Waals surface area contributed by atoms with Crippen molar-refractivity contribution in [3.05, 3.63) is 71.2 Å². The lowest BCUT2D eigenvalue weighted by Crippen LogP contribution is -2.54. The number of aromatic nitrogens is 1. The number of hydrogen-bond donors (Lipinski definition) is 1. The Kier molecular flexibility index (Phi) is 5.47. The number of carboxylic acids is 1. The topological polar surface area (TPSA) is 62.5 Å². The molecule has 198 valence electrons. The van der Waals surface area contributed by atoms with Crippen molar-refractivity contribution in [2.45, 2.75) is 76.9 Å². The molecule has 1 aliphatic heterocycles. The Morgan fingerprint density at radius 1 is 1.00 bits per heavy atom. The number of benzene rings is 2. The standard InChI is InChI=1S/C32H35FN2O3/c1-19(36)35-28(31(37)38)13-26-25-12-24(33)7-8-27(25)34(18-20-5-3-2-4-6-20)30(26)29(35)17-32-14-21-9-22(15-32)11-23(10-21)16-32/h2-8,12,21-23,28-29H,9-11,13-18H2,1H3,(H,37,38). The fourth-order valence-electron chi connectivity index (χ4n) is 9.38.